The molecule has 1 aromatic carbocycles. The summed E-state index contributed by atoms with van der Waals surface area (Å²) in [4.78, 5) is 29.4. The van der Waals surface area contributed by atoms with E-state index >= 15 is 0 Å². The molecule has 8 nitrogen and oxygen atoms in total. The van der Waals surface area contributed by atoms with Crippen LogP contribution >= 0.6 is 0 Å². The maximum Gasteiger partial charge on any atom is 0.271 e. The van der Waals surface area contributed by atoms with E-state index in [-0.39, 0.29) is 17.9 Å². The summed E-state index contributed by atoms with van der Waals surface area (Å²) in [5.74, 6) is 1.82. The number of benzene rings is 1. The zero-order valence-electron chi connectivity index (χ0n) is 21.5. The second kappa shape index (κ2) is 9.56. The van der Waals surface area contributed by atoms with Crippen LogP contribution in [0.5, 0.6) is 11.5 Å². The van der Waals surface area contributed by atoms with Gasteiger partial charge in [0.25, 0.3) is 5.91 Å². The molecule has 0 bridgehead atoms. The van der Waals surface area contributed by atoms with Crippen LogP contribution in [0.3, 0.4) is 0 Å². The predicted molar refractivity (Wildman–Crippen MR) is 136 cm³/mol. The van der Waals surface area contributed by atoms with Crippen molar-refractivity contribution < 1.29 is 23.5 Å². The lowest BCUT2D eigenvalue weighted by Gasteiger charge is -2.45. The van der Waals surface area contributed by atoms with Crippen LogP contribution in [-0.2, 0) is 17.8 Å². The minimum Gasteiger partial charge on any atom is -0.497 e. The lowest BCUT2D eigenvalue weighted by molar-refractivity contribution is -0.133. The van der Waals surface area contributed by atoms with Crippen LogP contribution in [-0.4, -0.2) is 53.6 Å². The number of nitrogens with zero attached hydrogens (tertiary/aromatic N) is 2. The minimum atomic E-state index is -1.05. The lowest BCUT2D eigenvalue weighted by Crippen LogP contribution is -2.65. The van der Waals surface area contributed by atoms with Crippen molar-refractivity contribution in [1.82, 2.24) is 14.8 Å². The Balaban J connectivity index is 1.45. The molecule has 0 unspecified atom stereocenters. The maximum atomic E-state index is 13.9. The summed E-state index contributed by atoms with van der Waals surface area (Å²) in [6, 6.07) is 9.43. The van der Waals surface area contributed by atoms with Crippen LogP contribution in [0.25, 0.3) is 11.1 Å². The fourth-order valence-corrected chi connectivity index (χ4v) is 5.66. The van der Waals surface area contributed by atoms with Gasteiger partial charge in [-0.05, 0) is 56.6 Å². The molecule has 1 fully saturated rings. The third kappa shape index (κ3) is 4.22. The van der Waals surface area contributed by atoms with Gasteiger partial charge in [0.1, 0.15) is 22.7 Å². The average molecular weight is 494 g/mol. The summed E-state index contributed by atoms with van der Waals surface area (Å²) in [5, 5.41) is 3.29. The summed E-state index contributed by atoms with van der Waals surface area (Å²) in [6.07, 6.45) is 6.32. The Kier molecular flexibility index (Phi) is 6.45. The van der Waals surface area contributed by atoms with Gasteiger partial charge in [0.05, 0.1) is 32.5 Å². The number of ether oxygens (including phenoxy) is 2. The monoisotopic (exact) mass is 493 g/mol. The third-order valence-electron chi connectivity index (χ3n) is 7.99. The van der Waals surface area contributed by atoms with Crippen LogP contribution in [0.15, 0.2) is 41.0 Å². The number of rotatable bonds is 7. The van der Waals surface area contributed by atoms with E-state index < -0.39 is 5.54 Å². The first-order valence-corrected chi connectivity index (χ1v) is 12.7. The van der Waals surface area contributed by atoms with Gasteiger partial charge >= 0.3 is 0 Å². The van der Waals surface area contributed by atoms with Crippen LogP contribution in [0.4, 0.5) is 0 Å². The molecule has 0 spiro atoms. The second-order valence-electron chi connectivity index (χ2n) is 10.4. The van der Waals surface area contributed by atoms with Crippen LogP contribution in [0.2, 0.25) is 0 Å². The van der Waals surface area contributed by atoms with E-state index in [1.54, 1.807) is 31.4 Å². The topological polar surface area (TPSA) is 85.9 Å². The number of amides is 2. The highest BCUT2D eigenvalue weighted by Gasteiger charge is 2.48. The Morgan fingerprint density at radius 2 is 1.92 bits per heavy atom. The fraction of sp³-hybridized carbons (Fsp3) is 0.500. The van der Waals surface area contributed by atoms with Crippen molar-refractivity contribution >= 4 is 22.9 Å². The summed E-state index contributed by atoms with van der Waals surface area (Å²) in [7, 11) is 3.23. The van der Waals surface area contributed by atoms with E-state index in [1.807, 2.05) is 35.8 Å². The molecule has 192 valence electrons. The minimum absolute atomic E-state index is 0.104. The Morgan fingerprint density at radius 3 is 2.64 bits per heavy atom. The quantitative estimate of drug-likeness (QED) is 0.527. The third-order valence-corrected chi connectivity index (χ3v) is 7.99. The van der Waals surface area contributed by atoms with E-state index in [4.69, 9.17) is 13.9 Å². The summed E-state index contributed by atoms with van der Waals surface area (Å²) in [6.45, 7) is 4.88. The van der Waals surface area contributed by atoms with Gasteiger partial charge in [-0.2, -0.15) is 0 Å². The van der Waals surface area contributed by atoms with Crippen LogP contribution in [0.1, 0.15) is 55.6 Å². The first kappa shape index (κ1) is 24.3. The molecule has 5 rings (SSSR count). The Labute approximate surface area is 211 Å². The van der Waals surface area contributed by atoms with Gasteiger partial charge in [-0.15, -0.1) is 0 Å². The molecule has 1 aliphatic carbocycles. The molecule has 8 heteroatoms. The zero-order chi connectivity index (χ0) is 25.4. The van der Waals surface area contributed by atoms with E-state index in [1.165, 1.54) is 0 Å². The molecule has 3 heterocycles. The Hall–Kier alpha value is -3.42. The first-order chi connectivity index (χ1) is 17.3. The van der Waals surface area contributed by atoms with Gasteiger partial charge in [-0.3, -0.25) is 9.59 Å². The number of methoxy groups -OCH3 is 2. The smallest absolute Gasteiger partial charge is 0.271 e. The van der Waals surface area contributed by atoms with E-state index in [2.05, 4.69) is 12.2 Å². The van der Waals surface area contributed by atoms with Crippen molar-refractivity contribution in [3.8, 4) is 11.5 Å². The summed E-state index contributed by atoms with van der Waals surface area (Å²) < 4.78 is 18.4. The number of hydrogen-bond donors (Lipinski definition) is 1. The van der Waals surface area contributed by atoms with Crippen LogP contribution < -0.4 is 14.8 Å². The molecule has 0 radical (unpaired) electrons. The van der Waals surface area contributed by atoms with E-state index in [9.17, 15) is 9.59 Å². The molecule has 1 N–H and O–H groups in total. The number of aromatic nitrogens is 1. The molecule has 36 heavy (non-hydrogen) atoms. The molecule has 2 amide bonds. The standard InChI is InChI=1S/C28H35N3O5/c1-18-5-8-20(9-6-18)29-27(33)28(2)17-30-22-12-14-36-25(22)16-23(30)26(32)31(28)13-11-19-7-10-21(34-3)15-24(19)35-4/h7,10,12,14-16,18,20H,5-6,8-9,11,13,17H2,1-4H3,(H,29,33)/t18?,20?,28-/m1/s1. The van der Waals surface area contributed by atoms with Gasteiger partial charge in [-0.1, -0.05) is 13.0 Å². The van der Waals surface area contributed by atoms with Crippen molar-refractivity contribution in [2.24, 2.45) is 5.92 Å². The molecule has 0 saturated heterocycles. The van der Waals surface area contributed by atoms with Gasteiger partial charge < -0.3 is 28.7 Å². The SMILES string of the molecule is COc1ccc(CCN2C(=O)c3cc4occc4n3C[C@]2(C)C(=O)NC2CCC(C)CC2)c(OC)c1. The van der Waals surface area contributed by atoms with Crippen molar-refractivity contribution in [1.29, 1.82) is 0 Å². The van der Waals surface area contributed by atoms with Crippen molar-refractivity contribution in [3.63, 3.8) is 0 Å². The number of fused-ring (bicyclic) bond motifs is 3. The van der Waals surface area contributed by atoms with Gasteiger partial charge in [0, 0.05) is 30.8 Å². The number of carbonyl (C=O) groups is 2. The normalized spacial score (nSPS) is 24.0. The highest BCUT2D eigenvalue weighted by atomic mass is 16.5. The lowest BCUT2D eigenvalue weighted by atomic mass is 9.86. The molecule has 1 saturated carbocycles. The molecule has 1 aliphatic heterocycles. The van der Waals surface area contributed by atoms with Gasteiger partial charge in [-0.25, -0.2) is 0 Å². The molecular formula is C28H35N3O5. The number of hydrogen-bond acceptors (Lipinski definition) is 5. The zero-order valence-corrected chi connectivity index (χ0v) is 21.5. The van der Waals surface area contributed by atoms with Crippen molar-refractivity contribution in [2.45, 2.75) is 64.1 Å². The average Bonchev–Trinajstić information content (AvgIpc) is 3.47. The van der Waals surface area contributed by atoms with Gasteiger partial charge in [0.15, 0.2) is 5.58 Å². The van der Waals surface area contributed by atoms with Crippen LogP contribution in [0, 0.1) is 5.92 Å². The largest absolute Gasteiger partial charge is 0.497 e. The van der Waals surface area contributed by atoms with E-state index in [0.717, 1.165) is 36.8 Å². The summed E-state index contributed by atoms with van der Waals surface area (Å²) in [5.41, 5.74) is 1.94. The molecule has 1 atom stereocenters. The fourth-order valence-electron chi connectivity index (χ4n) is 5.66. The predicted octanol–water partition coefficient (Wildman–Crippen LogP) is 4.40. The molecule has 2 aliphatic rings. The van der Waals surface area contributed by atoms with Crippen molar-refractivity contribution in [2.75, 3.05) is 20.8 Å². The van der Waals surface area contributed by atoms with Gasteiger partial charge in [0.2, 0.25) is 5.91 Å². The number of furan rings is 1. The maximum absolute atomic E-state index is 13.9. The Bertz CT molecular complexity index is 1270. The number of carbonyl (C=O) groups excluding carboxylic acids is 2. The second-order valence-corrected chi connectivity index (χ2v) is 10.4. The molecule has 3 aromatic rings. The Morgan fingerprint density at radius 1 is 1.14 bits per heavy atom. The highest BCUT2D eigenvalue weighted by molar-refractivity contribution is 6.03. The summed E-state index contributed by atoms with van der Waals surface area (Å²) >= 11 is 0. The highest BCUT2D eigenvalue weighted by Crippen LogP contribution is 2.34. The number of nitrogens with one attached hydrogen (secondary N) is 1. The van der Waals surface area contributed by atoms with E-state index in [0.29, 0.717) is 48.2 Å². The first-order valence-electron chi connectivity index (χ1n) is 12.7. The van der Waals surface area contributed by atoms with Crippen molar-refractivity contribution in [3.05, 3.63) is 47.9 Å². The molecule has 2 aromatic heterocycles. The molecular weight excluding hydrogens is 458 g/mol.